The predicted octanol–water partition coefficient (Wildman–Crippen LogP) is 4.04. The molecule has 0 aromatic carbocycles. The number of fused-ring (bicyclic) bond motifs is 1. The predicted molar refractivity (Wildman–Crippen MR) is 107 cm³/mol. The number of carbonyl (C=O) groups is 2. The van der Waals surface area contributed by atoms with Crippen molar-refractivity contribution < 1.29 is 18.5 Å². The van der Waals surface area contributed by atoms with E-state index >= 15 is 0 Å². The fourth-order valence-corrected chi connectivity index (χ4v) is 5.71. The van der Waals surface area contributed by atoms with Crippen molar-refractivity contribution in [3.05, 3.63) is 16.8 Å². The average Bonchev–Trinajstić information content (AvgIpc) is 3.12. The maximum Gasteiger partial charge on any atom is 0.408 e. The molecule has 0 fully saturated rings. The van der Waals surface area contributed by atoms with Crippen molar-refractivity contribution in [2.75, 3.05) is 0 Å². The molecule has 144 valence electrons. The quantitative estimate of drug-likeness (QED) is 0.744. The van der Waals surface area contributed by atoms with Crippen LogP contribution in [0.15, 0.2) is 21.7 Å². The van der Waals surface area contributed by atoms with Crippen LogP contribution in [0.3, 0.4) is 0 Å². The van der Waals surface area contributed by atoms with E-state index in [1.807, 2.05) is 25.3 Å². The molecule has 0 aliphatic carbocycles. The third-order valence-corrected chi connectivity index (χ3v) is 7.12. The van der Waals surface area contributed by atoms with Gasteiger partial charge in [-0.2, -0.15) is 0 Å². The van der Waals surface area contributed by atoms with Gasteiger partial charge in [0.25, 0.3) is 5.91 Å². The Morgan fingerprint density at radius 3 is 2.62 bits per heavy atom. The minimum Gasteiger partial charge on any atom is -0.444 e. The zero-order valence-corrected chi connectivity index (χ0v) is 17.9. The lowest BCUT2D eigenvalue weighted by molar-refractivity contribution is -0.122. The Morgan fingerprint density at radius 2 is 2.00 bits per heavy atom. The molecule has 2 heterocycles. The van der Waals surface area contributed by atoms with E-state index in [1.54, 1.807) is 26.2 Å². The van der Waals surface area contributed by atoms with Crippen molar-refractivity contribution in [1.29, 1.82) is 0 Å². The van der Waals surface area contributed by atoms with Crippen LogP contribution in [0.5, 0.6) is 0 Å². The summed E-state index contributed by atoms with van der Waals surface area (Å²) >= 11 is 2.98. The van der Waals surface area contributed by atoms with Gasteiger partial charge in [-0.15, -0.1) is 22.7 Å². The lowest BCUT2D eigenvalue weighted by atomic mass is 9.99. The molecule has 0 aliphatic rings. The van der Waals surface area contributed by atoms with Crippen molar-refractivity contribution in [2.24, 2.45) is 5.92 Å². The summed E-state index contributed by atoms with van der Waals surface area (Å²) in [5, 5.41) is 6.32. The van der Waals surface area contributed by atoms with Gasteiger partial charge in [-0.3, -0.25) is 9.52 Å². The minimum absolute atomic E-state index is 0.135. The van der Waals surface area contributed by atoms with Crippen molar-refractivity contribution >= 4 is 55.1 Å². The number of rotatable bonds is 6. The van der Waals surface area contributed by atoms with Gasteiger partial charge in [-0.1, -0.05) is 20.3 Å². The van der Waals surface area contributed by atoms with Crippen LogP contribution < -0.4 is 10.0 Å². The maximum atomic E-state index is 12.7. The fourth-order valence-electron chi connectivity index (χ4n) is 2.21. The molecular weight excluding hydrogens is 392 g/mol. The summed E-state index contributed by atoms with van der Waals surface area (Å²) in [6.45, 7) is 9.04. The van der Waals surface area contributed by atoms with Gasteiger partial charge in [0, 0.05) is 10.1 Å². The van der Waals surface area contributed by atoms with E-state index in [9.17, 15) is 13.8 Å². The van der Waals surface area contributed by atoms with Gasteiger partial charge in [-0.05, 0) is 38.1 Å². The number of alkyl carbamates (subject to hydrolysis) is 1. The van der Waals surface area contributed by atoms with Gasteiger partial charge in [0.05, 0.1) is 9.60 Å². The molecule has 2 aromatic rings. The van der Waals surface area contributed by atoms with Crippen molar-refractivity contribution in [3.63, 3.8) is 0 Å². The number of carbonyl (C=O) groups excluding carboxylic acids is 2. The Kier molecular flexibility index (Phi) is 6.81. The smallest absolute Gasteiger partial charge is 0.408 e. The summed E-state index contributed by atoms with van der Waals surface area (Å²) in [7, 11) is -1.68. The summed E-state index contributed by atoms with van der Waals surface area (Å²) in [4.78, 5) is 25.3. The van der Waals surface area contributed by atoms with Crippen LogP contribution in [0.4, 0.5) is 4.79 Å². The summed E-state index contributed by atoms with van der Waals surface area (Å²) < 4.78 is 22.3. The molecule has 9 heteroatoms. The Bertz CT molecular complexity index is 806. The summed E-state index contributed by atoms with van der Waals surface area (Å²) in [6.07, 6.45) is 0.00800. The lowest BCUT2D eigenvalue weighted by Gasteiger charge is -2.26. The second-order valence-electron chi connectivity index (χ2n) is 6.96. The van der Waals surface area contributed by atoms with E-state index in [-0.39, 0.29) is 5.92 Å². The normalized spacial score (nSPS) is 15.3. The second kappa shape index (κ2) is 8.49. The van der Waals surface area contributed by atoms with Crippen LogP contribution in [-0.2, 0) is 20.5 Å². The third kappa shape index (κ3) is 5.28. The first-order chi connectivity index (χ1) is 12.1. The number of ether oxygens (including phenoxy) is 1. The number of thiophene rings is 2. The summed E-state index contributed by atoms with van der Waals surface area (Å²) in [6, 6.07) is 1.13. The lowest BCUT2D eigenvalue weighted by Crippen LogP contribution is -2.51. The van der Waals surface area contributed by atoms with Crippen molar-refractivity contribution in [1.82, 2.24) is 10.0 Å². The zero-order chi connectivity index (χ0) is 19.5. The van der Waals surface area contributed by atoms with Crippen LogP contribution in [0.25, 0.3) is 9.40 Å². The molecule has 26 heavy (non-hydrogen) atoms. The molecule has 1 unspecified atom stereocenters. The van der Waals surface area contributed by atoms with Gasteiger partial charge in [0.1, 0.15) is 11.6 Å². The van der Waals surface area contributed by atoms with E-state index < -0.39 is 34.6 Å². The molecule has 0 radical (unpaired) electrons. The van der Waals surface area contributed by atoms with Crippen LogP contribution in [-0.4, -0.2) is 27.9 Å². The molecule has 2 N–H and O–H groups in total. The molecule has 2 aromatic heterocycles. The van der Waals surface area contributed by atoms with E-state index in [0.717, 1.165) is 9.40 Å². The SMILES string of the molecule is CC[C@H](C)[C@H](NC(=O)OC(C)(C)C)C(=O)NS(=O)c1csc2ccsc12. The van der Waals surface area contributed by atoms with Gasteiger partial charge < -0.3 is 10.1 Å². The Labute approximate surface area is 163 Å². The van der Waals surface area contributed by atoms with Gasteiger partial charge in [0.15, 0.2) is 11.0 Å². The van der Waals surface area contributed by atoms with Gasteiger partial charge in [-0.25, -0.2) is 9.00 Å². The molecule has 2 amide bonds. The Morgan fingerprint density at radius 1 is 1.31 bits per heavy atom. The molecule has 0 spiro atoms. The first-order valence-corrected chi connectivity index (χ1v) is 11.2. The highest BCUT2D eigenvalue weighted by Gasteiger charge is 2.29. The zero-order valence-electron chi connectivity index (χ0n) is 15.5. The van der Waals surface area contributed by atoms with Crippen molar-refractivity contribution in [2.45, 2.75) is 57.6 Å². The standard InChI is InChI=1S/C17H24N2O4S3/c1-6-10(2)13(18-16(21)23-17(3,4)5)15(20)19-26(22)12-9-25-11-7-8-24-14(11)12/h7-10,13H,6H2,1-5H3,(H,18,21)(H,19,20)/t10-,13-,26?/m0/s1. The largest absolute Gasteiger partial charge is 0.444 e. The number of nitrogens with one attached hydrogen (secondary N) is 2. The first-order valence-electron chi connectivity index (χ1n) is 8.29. The minimum atomic E-state index is -1.68. The number of hydrogen-bond donors (Lipinski definition) is 2. The van der Waals surface area contributed by atoms with Crippen LogP contribution >= 0.6 is 22.7 Å². The molecule has 0 aliphatic heterocycles. The number of amides is 2. The average molecular weight is 417 g/mol. The third-order valence-electron chi connectivity index (χ3n) is 3.71. The highest BCUT2D eigenvalue weighted by Crippen LogP contribution is 2.32. The Balaban J connectivity index is 2.10. The van der Waals surface area contributed by atoms with E-state index in [0.29, 0.717) is 11.3 Å². The Hall–Kier alpha value is -1.45. The summed E-state index contributed by atoms with van der Waals surface area (Å²) in [5.74, 6) is -0.622. The highest BCUT2D eigenvalue weighted by molar-refractivity contribution is 7.84. The van der Waals surface area contributed by atoms with Crippen LogP contribution in [0.2, 0.25) is 0 Å². The molecular formula is C17H24N2O4S3. The topological polar surface area (TPSA) is 84.5 Å². The van der Waals surface area contributed by atoms with E-state index in [4.69, 9.17) is 4.74 Å². The molecule has 2 rings (SSSR count). The van der Waals surface area contributed by atoms with Gasteiger partial charge >= 0.3 is 6.09 Å². The molecule has 3 atom stereocenters. The maximum absolute atomic E-state index is 12.7. The molecule has 0 saturated carbocycles. The highest BCUT2D eigenvalue weighted by atomic mass is 32.2. The summed E-state index contributed by atoms with van der Waals surface area (Å²) in [5.41, 5.74) is -0.662. The fraction of sp³-hybridized carbons (Fsp3) is 0.529. The molecule has 0 saturated heterocycles. The first kappa shape index (κ1) is 20.9. The van der Waals surface area contributed by atoms with Gasteiger partial charge in [0.2, 0.25) is 0 Å². The van der Waals surface area contributed by atoms with E-state index in [2.05, 4.69) is 10.0 Å². The molecule has 6 nitrogen and oxygen atoms in total. The molecule has 0 bridgehead atoms. The van der Waals surface area contributed by atoms with Crippen LogP contribution in [0, 0.1) is 5.92 Å². The van der Waals surface area contributed by atoms with Crippen molar-refractivity contribution in [3.8, 4) is 0 Å². The number of hydrogen-bond acceptors (Lipinski definition) is 6. The monoisotopic (exact) mass is 416 g/mol. The second-order valence-corrected chi connectivity index (χ2v) is 9.97. The van der Waals surface area contributed by atoms with Crippen LogP contribution in [0.1, 0.15) is 41.0 Å². The van der Waals surface area contributed by atoms with E-state index in [1.165, 1.54) is 22.7 Å².